The summed E-state index contributed by atoms with van der Waals surface area (Å²) >= 11 is 0. The van der Waals surface area contributed by atoms with Crippen LogP contribution in [0, 0.1) is 5.92 Å². The number of hydrogen-bond donors (Lipinski definition) is 1. The van der Waals surface area contributed by atoms with E-state index in [9.17, 15) is 13.2 Å². The first-order valence-corrected chi connectivity index (χ1v) is 9.55. The number of carbonyl (C=O) groups excluding carboxylic acids is 1. The fraction of sp³-hybridized carbons (Fsp3) is 0.600. The van der Waals surface area contributed by atoms with Gasteiger partial charge in [0.15, 0.2) is 0 Å². The molecular formula is C15H21N3O4S. The van der Waals surface area contributed by atoms with E-state index in [1.54, 1.807) is 12.4 Å². The van der Waals surface area contributed by atoms with Crippen molar-refractivity contribution in [3.05, 3.63) is 30.1 Å². The number of ether oxygens (including phenoxy) is 1. The molecule has 0 spiro atoms. The Labute approximate surface area is 136 Å². The molecule has 0 unspecified atom stereocenters. The average molecular weight is 339 g/mol. The number of piperidine rings is 1. The van der Waals surface area contributed by atoms with E-state index in [1.807, 2.05) is 12.1 Å². The predicted octanol–water partition coefficient (Wildman–Crippen LogP) is 0.137. The summed E-state index contributed by atoms with van der Waals surface area (Å²) in [4.78, 5) is 16.4. The maximum atomic E-state index is 12.4. The largest absolute Gasteiger partial charge is 0.376 e. The zero-order chi connectivity index (χ0) is 16.4. The summed E-state index contributed by atoms with van der Waals surface area (Å²) in [6, 6.07) is 3.56. The van der Waals surface area contributed by atoms with Gasteiger partial charge in [0.25, 0.3) is 0 Å². The van der Waals surface area contributed by atoms with Crippen LogP contribution in [0.25, 0.3) is 0 Å². The summed E-state index contributed by atoms with van der Waals surface area (Å²) in [6.07, 6.45) is 5.64. The molecule has 2 fully saturated rings. The minimum Gasteiger partial charge on any atom is -0.376 e. The summed E-state index contributed by atoms with van der Waals surface area (Å²) in [6.45, 7) is 1.16. The van der Waals surface area contributed by atoms with Gasteiger partial charge in [-0.05, 0) is 24.5 Å². The zero-order valence-electron chi connectivity index (χ0n) is 13.0. The van der Waals surface area contributed by atoms with Crippen molar-refractivity contribution in [2.24, 2.45) is 5.92 Å². The van der Waals surface area contributed by atoms with Gasteiger partial charge in [0.2, 0.25) is 15.9 Å². The van der Waals surface area contributed by atoms with Gasteiger partial charge in [-0.2, -0.15) is 4.31 Å². The zero-order valence-corrected chi connectivity index (χ0v) is 13.8. The van der Waals surface area contributed by atoms with E-state index in [0.717, 1.165) is 5.56 Å². The molecule has 3 heterocycles. The Bertz CT molecular complexity index is 665. The number of fused-ring (bicyclic) bond motifs is 1. The van der Waals surface area contributed by atoms with Gasteiger partial charge >= 0.3 is 0 Å². The molecule has 2 saturated heterocycles. The molecule has 1 aromatic rings. The predicted molar refractivity (Wildman–Crippen MR) is 83.9 cm³/mol. The first kappa shape index (κ1) is 16.4. The van der Waals surface area contributed by atoms with Crippen LogP contribution in [0.15, 0.2) is 24.5 Å². The smallest absolute Gasteiger partial charge is 0.224 e. The van der Waals surface area contributed by atoms with Crippen LogP contribution in [-0.4, -0.2) is 55.2 Å². The number of hydrogen-bond acceptors (Lipinski definition) is 5. The lowest BCUT2D eigenvalue weighted by atomic mass is 9.91. The van der Waals surface area contributed by atoms with Gasteiger partial charge in [0, 0.05) is 32.1 Å². The van der Waals surface area contributed by atoms with Crippen LogP contribution in [0.4, 0.5) is 0 Å². The Hall–Kier alpha value is -1.51. The highest BCUT2D eigenvalue weighted by Crippen LogP contribution is 2.32. The van der Waals surface area contributed by atoms with Gasteiger partial charge in [-0.1, -0.05) is 6.07 Å². The lowest BCUT2D eigenvalue weighted by Gasteiger charge is -2.38. The molecule has 0 saturated carbocycles. The Kier molecular flexibility index (Phi) is 4.65. The highest BCUT2D eigenvalue weighted by atomic mass is 32.2. The van der Waals surface area contributed by atoms with E-state index < -0.39 is 10.0 Å². The number of sulfonamides is 1. The SMILES string of the molecule is CS(=O)(=O)N1C[C@H](C(=O)NCc2cccnc2)C[C@@H]2OCC[C@@H]21. The topological polar surface area (TPSA) is 88.6 Å². The summed E-state index contributed by atoms with van der Waals surface area (Å²) in [5.41, 5.74) is 0.909. The number of nitrogens with zero attached hydrogens (tertiary/aromatic N) is 2. The molecule has 0 aliphatic carbocycles. The number of pyridine rings is 1. The summed E-state index contributed by atoms with van der Waals surface area (Å²) < 4.78 is 31.1. The maximum absolute atomic E-state index is 12.4. The fourth-order valence-corrected chi connectivity index (χ4v) is 4.49. The average Bonchev–Trinajstić information content (AvgIpc) is 3.00. The minimum absolute atomic E-state index is 0.132. The van der Waals surface area contributed by atoms with Crippen LogP contribution in [0.5, 0.6) is 0 Å². The van der Waals surface area contributed by atoms with Gasteiger partial charge in [0.05, 0.1) is 24.3 Å². The molecule has 126 valence electrons. The van der Waals surface area contributed by atoms with Crippen LogP contribution >= 0.6 is 0 Å². The van der Waals surface area contributed by atoms with Crippen molar-refractivity contribution in [1.29, 1.82) is 0 Å². The van der Waals surface area contributed by atoms with Crippen molar-refractivity contribution in [3.8, 4) is 0 Å². The van der Waals surface area contributed by atoms with Crippen LogP contribution in [-0.2, 0) is 26.1 Å². The van der Waals surface area contributed by atoms with Gasteiger partial charge in [-0.15, -0.1) is 0 Å². The molecule has 0 bridgehead atoms. The second-order valence-corrected chi connectivity index (χ2v) is 8.04. The highest BCUT2D eigenvalue weighted by molar-refractivity contribution is 7.88. The lowest BCUT2D eigenvalue weighted by Crippen LogP contribution is -2.54. The van der Waals surface area contributed by atoms with Crippen molar-refractivity contribution in [1.82, 2.24) is 14.6 Å². The maximum Gasteiger partial charge on any atom is 0.224 e. The van der Waals surface area contributed by atoms with E-state index in [0.29, 0.717) is 26.0 Å². The lowest BCUT2D eigenvalue weighted by molar-refractivity contribution is -0.128. The van der Waals surface area contributed by atoms with Crippen LogP contribution in [0.2, 0.25) is 0 Å². The summed E-state index contributed by atoms with van der Waals surface area (Å²) in [7, 11) is -3.35. The quantitative estimate of drug-likeness (QED) is 0.843. The van der Waals surface area contributed by atoms with Gasteiger partial charge in [-0.3, -0.25) is 9.78 Å². The number of aromatic nitrogens is 1. The molecule has 7 nitrogen and oxygen atoms in total. The van der Waals surface area contributed by atoms with Gasteiger partial charge < -0.3 is 10.1 Å². The van der Waals surface area contributed by atoms with Crippen LogP contribution in [0.3, 0.4) is 0 Å². The first-order valence-electron chi connectivity index (χ1n) is 7.70. The van der Waals surface area contributed by atoms with Crippen LogP contribution in [0.1, 0.15) is 18.4 Å². The van der Waals surface area contributed by atoms with E-state index >= 15 is 0 Å². The first-order chi connectivity index (χ1) is 10.9. The van der Waals surface area contributed by atoms with E-state index in [2.05, 4.69) is 10.3 Å². The molecule has 8 heteroatoms. The minimum atomic E-state index is -3.35. The Morgan fingerprint density at radius 1 is 1.52 bits per heavy atom. The van der Waals surface area contributed by atoms with E-state index in [-0.39, 0.29) is 30.5 Å². The van der Waals surface area contributed by atoms with E-state index in [1.165, 1.54) is 10.6 Å². The Balaban J connectivity index is 1.66. The fourth-order valence-electron chi connectivity index (χ4n) is 3.31. The Morgan fingerprint density at radius 2 is 2.35 bits per heavy atom. The monoisotopic (exact) mass is 339 g/mol. The summed E-state index contributed by atoms with van der Waals surface area (Å²) in [5.74, 6) is -0.530. The second kappa shape index (κ2) is 6.54. The third kappa shape index (κ3) is 3.70. The normalized spacial score (nSPS) is 28.3. The number of rotatable bonds is 4. The molecule has 3 atom stereocenters. The third-order valence-electron chi connectivity index (χ3n) is 4.45. The number of nitrogens with one attached hydrogen (secondary N) is 1. The third-order valence-corrected chi connectivity index (χ3v) is 5.72. The van der Waals surface area contributed by atoms with Crippen molar-refractivity contribution in [2.45, 2.75) is 31.5 Å². The van der Waals surface area contributed by atoms with Crippen molar-refractivity contribution in [3.63, 3.8) is 0 Å². The molecule has 0 radical (unpaired) electrons. The van der Waals surface area contributed by atoms with Crippen molar-refractivity contribution >= 4 is 15.9 Å². The number of amides is 1. The molecule has 3 rings (SSSR count). The number of carbonyl (C=O) groups is 1. The van der Waals surface area contributed by atoms with Crippen molar-refractivity contribution < 1.29 is 17.9 Å². The molecule has 0 aromatic carbocycles. The molecule has 1 N–H and O–H groups in total. The molecule has 23 heavy (non-hydrogen) atoms. The molecule has 2 aliphatic rings. The summed E-state index contributed by atoms with van der Waals surface area (Å²) in [5, 5.41) is 2.86. The molecular weight excluding hydrogens is 318 g/mol. The van der Waals surface area contributed by atoms with Crippen LogP contribution < -0.4 is 5.32 Å². The Morgan fingerprint density at radius 3 is 3.04 bits per heavy atom. The molecule has 1 aromatic heterocycles. The van der Waals surface area contributed by atoms with Crippen molar-refractivity contribution in [2.75, 3.05) is 19.4 Å². The van der Waals surface area contributed by atoms with Gasteiger partial charge in [-0.25, -0.2) is 8.42 Å². The standard InChI is InChI=1S/C15H21N3O4S/c1-23(20,21)18-10-12(7-14-13(18)4-6-22-14)15(19)17-9-11-3-2-5-16-8-11/h2-3,5,8,12-14H,4,6-7,9-10H2,1H3,(H,17,19)/t12-,13+,14+/m1/s1. The van der Waals surface area contributed by atoms with Gasteiger partial charge in [0.1, 0.15) is 0 Å². The second-order valence-electron chi connectivity index (χ2n) is 6.11. The highest BCUT2D eigenvalue weighted by Gasteiger charge is 2.45. The molecule has 1 amide bonds. The van der Waals surface area contributed by atoms with E-state index in [4.69, 9.17) is 4.74 Å². The molecule has 2 aliphatic heterocycles.